The van der Waals surface area contributed by atoms with Gasteiger partial charge in [0.2, 0.25) is 0 Å². The average Bonchev–Trinajstić information content (AvgIpc) is 2.73. The molecule has 5 heteroatoms. The maximum atomic E-state index is 11.1. The molecule has 2 aromatic heterocycles. The van der Waals surface area contributed by atoms with Gasteiger partial charge >= 0.3 is 0 Å². The fraction of sp³-hybridized carbons (Fsp3) is 0.167. The summed E-state index contributed by atoms with van der Waals surface area (Å²) in [5, 5.41) is 15.6. The lowest BCUT2D eigenvalue weighted by Crippen LogP contribution is -2.20. The topological polar surface area (TPSA) is 59.3 Å². The summed E-state index contributed by atoms with van der Waals surface area (Å²) in [6, 6.07) is 22.2. The molecule has 0 saturated carbocycles. The number of H-pyrrole nitrogens is 1. The van der Waals surface area contributed by atoms with Gasteiger partial charge in [0.1, 0.15) is 17.3 Å². The molecule has 4 rings (SSSR count). The van der Waals surface area contributed by atoms with Crippen LogP contribution >= 0.6 is 11.8 Å². The molecular weight excluding hydrogens is 378 g/mol. The van der Waals surface area contributed by atoms with Crippen molar-refractivity contribution < 1.29 is 10.1 Å². The predicted molar refractivity (Wildman–Crippen MR) is 120 cm³/mol. The highest BCUT2D eigenvalue weighted by Gasteiger charge is 2.24. The number of thioether (sulfide) groups is 1. The lowest BCUT2D eigenvalue weighted by Gasteiger charge is -2.18. The molecule has 4 nitrogen and oxygen atoms in total. The number of hydrogen-bond donors (Lipinski definition) is 2. The Labute approximate surface area is 175 Å². The van der Waals surface area contributed by atoms with E-state index in [9.17, 15) is 5.11 Å². The zero-order valence-corrected chi connectivity index (χ0v) is 17.5. The van der Waals surface area contributed by atoms with Crippen molar-refractivity contribution in [2.75, 3.05) is 11.6 Å². The van der Waals surface area contributed by atoms with Gasteiger partial charge in [0, 0.05) is 33.2 Å². The molecule has 0 fully saturated rings. The van der Waals surface area contributed by atoms with Crippen molar-refractivity contribution in [1.29, 1.82) is 0 Å². The SMILES string of the molecule is CSc1ccc([C@@H](Nc2cccc(C)[nH+]2)c2ccc3ccc(C)nc3c2O)cc1. The van der Waals surface area contributed by atoms with Gasteiger partial charge in [-0.05, 0) is 50.4 Å². The molecule has 2 aromatic carbocycles. The first-order valence-electron chi connectivity index (χ1n) is 9.54. The molecule has 0 spiro atoms. The number of aryl methyl sites for hydroxylation is 2. The molecule has 0 aliphatic carbocycles. The van der Waals surface area contributed by atoms with E-state index in [1.165, 1.54) is 4.90 Å². The van der Waals surface area contributed by atoms with Gasteiger partial charge in [-0.25, -0.2) is 9.97 Å². The number of aromatic nitrogens is 2. The van der Waals surface area contributed by atoms with Crippen LogP contribution in [0.25, 0.3) is 10.9 Å². The molecule has 3 N–H and O–H groups in total. The van der Waals surface area contributed by atoms with Gasteiger partial charge in [0.05, 0.1) is 5.69 Å². The van der Waals surface area contributed by atoms with Crippen molar-refractivity contribution in [2.45, 2.75) is 24.8 Å². The number of phenolic OH excluding ortho intramolecular Hbond substituents is 1. The van der Waals surface area contributed by atoms with E-state index in [4.69, 9.17) is 0 Å². The maximum Gasteiger partial charge on any atom is 0.273 e. The lowest BCUT2D eigenvalue weighted by atomic mass is 9.96. The molecule has 2 heterocycles. The first-order valence-corrected chi connectivity index (χ1v) is 10.8. The van der Waals surface area contributed by atoms with Crippen molar-refractivity contribution >= 4 is 28.5 Å². The third kappa shape index (κ3) is 4.05. The summed E-state index contributed by atoms with van der Waals surface area (Å²) in [6.07, 6.45) is 2.07. The molecule has 0 aliphatic heterocycles. The molecule has 0 bridgehead atoms. The van der Waals surface area contributed by atoms with Crippen LogP contribution in [0.3, 0.4) is 0 Å². The zero-order chi connectivity index (χ0) is 20.4. The average molecular weight is 403 g/mol. The monoisotopic (exact) mass is 402 g/mol. The summed E-state index contributed by atoms with van der Waals surface area (Å²) in [4.78, 5) is 9.13. The molecule has 0 saturated heterocycles. The molecule has 4 aromatic rings. The first kappa shape index (κ1) is 19.3. The number of nitrogens with one attached hydrogen (secondary N) is 2. The normalized spacial score (nSPS) is 12.1. The minimum atomic E-state index is -0.226. The standard InChI is InChI=1S/C24H23N3OS/c1-15-5-4-6-21(25-15)27-22(17-9-12-19(29-3)13-10-17)20-14-11-18-8-7-16(2)26-23(18)24(20)28/h4-14,22,28H,1-3H3,(H,25,27)/p+1/t22-/m1/s1. The summed E-state index contributed by atoms with van der Waals surface area (Å²) in [6.45, 7) is 3.96. The van der Waals surface area contributed by atoms with E-state index in [2.05, 4.69) is 45.8 Å². The Morgan fingerprint density at radius 2 is 1.72 bits per heavy atom. The van der Waals surface area contributed by atoms with Crippen molar-refractivity contribution in [3.05, 3.63) is 89.2 Å². The number of benzene rings is 2. The molecule has 0 amide bonds. The highest BCUT2D eigenvalue weighted by molar-refractivity contribution is 7.98. The second kappa shape index (κ2) is 8.13. The fourth-order valence-electron chi connectivity index (χ4n) is 3.48. The highest BCUT2D eigenvalue weighted by Crippen LogP contribution is 2.36. The van der Waals surface area contributed by atoms with Crippen LogP contribution in [-0.4, -0.2) is 16.3 Å². The molecule has 1 atom stereocenters. The molecule has 29 heavy (non-hydrogen) atoms. The quantitative estimate of drug-likeness (QED) is 0.445. The summed E-state index contributed by atoms with van der Waals surface area (Å²) in [5.41, 5.74) is 4.43. The second-order valence-corrected chi connectivity index (χ2v) is 8.01. The Hall–Kier alpha value is -3.05. The molecule has 0 unspecified atom stereocenters. The van der Waals surface area contributed by atoms with E-state index in [0.29, 0.717) is 5.52 Å². The molecular formula is C24H24N3OS+. The van der Waals surface area contributed by atoms with Crippen LogP contribution in [-0.2, 0) is 0 Å². The first-order chi connectivity index (χ1) is 14.0. The van der Waals surface area contributed by atoms with Crippen LogP contribution < -0.4 is 10.3 Å². The fourth-order valence-corrected chi connectivity index (χ4v) is 3.89. The van der Waals surface area contributed by atoms with Gasteiger partial charge in [-0.3, -0.25) is 5.32 Å². The molecule has 146 valence electrons. The molecule has 0 radical (unpaired) electrons. The van der Waals surface area contributed by atoms with E-state index >= 15 is 0 Å². The van der Waals surface area contributed by atoms with Crippen molar-refractivity contribution in [3.63, 3.8) is 0 Å². The summed E-state index contributed by atoms with van der Waals surface area (Å²) < 4.78 is 0. The van der Waals surface area contributed by atoms with Crippen LogP contribution in [0, 0.1) is 13.8 Å². The maximum absolute atomic E-state index is 11.1. The van der Waals surface area contributed by atoms with Crippen molar-refractivity contribution in [1.82, 2.24) is 4.98 Å². The number of anilines is 1. The van der Waals surface area contributed by atoms with Gasteiger partial charge in [-0.1, -0.05) is 30.3 Å². The van der Waals surface area contributed by atoms with Gasteiger partial charge in [0.15, 0.2) is 0 Å². The minimum Gasteiger partial charge on any atom is -0.505 e. The number of hydrogen-bond acceptors (Lipinski definition) is 4. The smallest absolute Gasteiger partial charge is 0.273 e. The number of rotatable bonds is 5. The number of pyridine rings is 2. The summed E-state index contributed by atoms with van der Waals surface area (Å²) in [7, 11) is 0. The van der Waals surface area contributed by atoms with E-state index in [1.54, 1.807) is 11.8 Å². The van der Waals surface area contributed by atoms with E-state index < -0.39 is 0 Å². The number of fused-ring (bicyclic) bond motifs is 1. The van der Waals surface area contributed by atoms with Crippen LogP contribution in [0.2, 0.25) is 0 Å². The van der Waals surface area contributed by atoms with Crippen LogP contribution in [0.4, 0.5) is 5.82 Å². The Morgan fingerprint density at radius 1 is 0.966 bits per heavy atom. The Balaban J connectivity index is 1.84. The third-order valence-corrected chi connectivity index (χ3v) is 5.75. The van der Waals surface area contributed by atoms with E-state index in [-0.39, 0.29) is 11.8 Å². The van der Waals surface area contributed by atoms with Crippen LogP contribution in [0.15, 0.2) is 71.6 Å². The number of nitrogens with zero attached hydrogens (tertiary/aromatic N) is 1. The number of aromatic amines is 1. The minimum absolute atomic E-state index is 0.213. The second-order valence-electron chi connectivity index (χ2n) is 7.13. The predicted octanol–water partition coefficient (Wildman–Crippen LogP) is 5.29. The van der Waals surface area contributed by atoms with Gasteiger partial charge in [-0.15, -0.1) is 11.8 Å². The van der Waals surface area contributed by atoms with E-state index in [1.807, 2.05) is 56.3 Å². The summed E-state index contributed by atoms with van der Waals surface area (Å²) in [5.74, 6) is 1.10. The Bertz CT molecular complexity index is 1160. The Morgan fingerprint density at radius 3 is 2.45 bits per heavy atom. The van der Waals surface area contributed by atoms with Crippen LogP contribution in [0.1, 0.15) is 28.6 Å². The van der Waals surface area contributed by atoms with Gasteiger partial charge < -0.3 is 5.11 Å². The largest absolute Gasteiger partial charge is 0.505 e. The summed E-state index contributed by atoms with van der Waals surface area (Å²) >= 11 is 1.71. The van der Waals surface area contributed by atoms with Gasteiger partial charge in [-0.2, -0.15) is 0 Å². The van der Waals surface area contributed by atoms with Crippen molar-refractivity contribution in [3.8, 4) is 5.75 Å². The number of phenols is 1. The van der Waals surface area contributed by atoms with Crippen LogP contribution in [0.5, 0.6) is 5.75 Å². The lowest BCUT2D eigenvalue weighted by molar-refractivity contribution is -0.371. The molecule has 0 aliphatic rings. The third-order valence-electron chi connectivity index (χ3n) is 5.01. The van der Waals surface area contributed by atoms with E-state index in [0.717, 1.165) is 33.7 Å². The van der Waals surface area contributed by atoms with Crippen molar-refractivity contribution in [2.24, 2.45) is 0 Å². The number of aromatic hydroxyl groups is 1. The highest BCUT2D eigenvalue weighted by atomic mass is 32.2. The zero-order valence-electron chi connectivity index (χ0n) is 16.7. The Kier molecular flexibility index (Phi) is 5.41. The van der Waals surface area contributed by atoms with Gasteiger partial charge in [0.25, 0.3) is 5.82 Å².